The normalized spacial score (nSPS) is 10.4. The minimum absolute atomic E-state index is 0. The number of aliphatic hydroxyl groups is 1. The Morgan fingerprint density at radius 3 is 2.60 bits per heavy atom. The van der Waals surface area contributed by atoms with E-state index in [1.807, 2.05) is 12.1 Å². The first-order valence-electron chi connectivity index (χ1n) is 8.17. The standard InChI is InChI=1S/C19H23ClFNO2.ClH/c20-17-8-9-19(24-14-15-6-2-3-7-18(15)21)16(12-17)13-22-10-4-1-5-11-23;/h2-3,6-9,12,22-23H,1,4-5,10-11,13-14H2;1H. The van der Waals surface area contributed by atoms with Crippen LogP contribution in [0.1, 0.15) is 30.4 Å². The highest BCUT2D eigenvalue weighted by Gasteiger charge is 2.07. The van der Waals surface area contributed by atoms with Gasteiger partial charge in [0.15, 0.2) is 0 Å². The lowest BCUT2D eigenvalue weighted by Gasteiger charge is -2.13. The molecule has 0 aliphatic carbocycles. The Kier molecular flexibility index (Phi) is 10.5. The molecule has 0 atom stereocenters. The predicted molar refractivity (Wildman–Crippen MR) is 102 cm³/mol. The molecule has 0 aromatic heterocycles. The van der Waals surface area contributed by atoms with Crippen LogP contribution in [0.25, 0.3) is 0 Å². The summed E-state index contributed by atoms with van der Waals surface area (Å²) in [6.45, 7) is 1.91. The summed E-state index contributed by atoms with van der Waals surface area (Å²) >= 11 is 6.07. The predicted octanol–water partition coefficient (Wildman–Crippen LogP) is 4.73. The molecule has 6 heteroatoms. The molecule has 0 heterocycles. The van der Waals surface area contributed by atoms with Crippen LogP contribution in [0.15, 0.2) is 42.5 Å². The molecular weight excluding hydrogens is 364 g/mol. The van der Waals surface area contributed by atoms with Crippen LogP contribution in [-0.4, -0.2) is 18.3 Å². The number of hydrogen-bond donors (Lipinski definition) is 2. The lowest BCUT2D eigenvalue weighted by molar-refractivity contribution is 0.282. The summed E-state index contributed by atoms with van der Waals surface area (Å²) in [4.78, 5) is 0. The Morgan fingerprint density at radius 2 is 1.84 bits per heavy atom. The highest BCUT2D eigenvalue weighted by atomic mass is 35.5. The minimum Gasteiger partial charge on any atom is -0.488 e. The summed E-state index contributed by atoms with van der Waals surface area (Å²) in [5, 5.41) is 12.7. The van der Waals surface area contributed by atoms with Crippen LogP contribution >= 0.6 is 24.0 Å². The minimum atomic E-state index is -0.268. The summed E-state index contributed by atoms with van der Waals surface area (Å²) in [7, 11) is 0. The zero-order valence-corrected chi connectivity index (χ0v) is 15.6. The van der Waals surface area contributed by atoms with Crippen LogP contribution in [0, 0.1) is 5.82 Å². The van der Waals surface area contributed by atoms with E-state index >= 15 is 0 Å². The van der Waals surface area contributed by atoms with Gasteiger partial charge in [-0.15, -0.1) is 12.4 Å². The molecule has 0 unspecified atom stereocenters. The van der Waals surface area contributed by atoms with E-state index in [-0.39, 0.29) is 31.4 Å². The maximum absolute atomic E-state index is 13.7. The van der Waals surface area contributed by atoms with Gasteiger partial charge in [0.05, 0.1) is 0 Å². The SMILES string of the molecule is Cl.OCCCCCNCc1cc(Cl)ccc1OCc1ccccc1F. The third-order valence-corrected chi connectivity index (χ3v) is 3.93. The molecule has 0 aliphatic rings. The monoisotopic (exact) mass is 387 g/mol. The van der Waals surface area contributed by atoms with Crippen molar-refractivity contribution in [3.63, 3.8) is 0 Å². The maximum Gasteiger partial charge on any atom is 0.129 e. The molecule has 0 saturated heterocycles. The van der Waals surface area contributed by atoms with Crippen molar-refractivity contribution in [2.75, 3.05) is 13.2 Å². The van der Waals surface area contributed by atoms with Crippen molar-refractivity contribution in [1.29, 1.82) is 0 Å². The maximum atomic E-state index is 13.7. The van der Waals surface area contributed by atoms with Crippen molar-refractivity contribution in [3.05, 3.63) is 64.4 Å². The third-order valence-electron chi connectivity index (χ3n) is 3.69. The van der Waals surface area contributed by atoms with E-state index in [1.54, 1.807) is 24.3 Å². The van der Waals surface area contributed by atoms with E-state index in [0.29, 0.717) is 22.9 Å². The summed E-state index contributed by atoms with van der Waals surface area (Å²) in [5.74, 6) is 0.431. The fourth-order valence-electron chi connectivity index (χ4n) is 2.36. The molecule has 2 rings (SSSR count). The lowest BCUT2D eigenvalue weighted by Crippen LogP contribution is -2.15. The summed E-state index contributed by atoms with van der Waals surface area (Å²) in [6, 6.07) is 12.0. The van der Waals surface area contributed by atoms with Crippen molar-refractivity contribution in [1.82, 2.24) is 5.32 Å². The van der Waals surface area contributed by atoms with E-state index in [2.05, 4.69) is 5.32 Å². The molecule has 2 aromatic carbocycles. The molecule has 138 valence electrons. The molecule has 2 N–H and O–H groups in total. The largest absolute Gasteiger partial charge is 0.488 e. The molecule has 0 fully saturated rings. The molecule has 0 amide bonds. The Bertz CT molecular complexity index is 641. The van der Waals surface area contributed by atoms with Crippen LogP contribution < -0.4 is 10.1 Å². The fraction of sp³-hybridized carbons (Fsp3) is 0.368. The molecule has 3 nitrogen and oxygen atoms in total. The summed E-state index contributed by atoms with van der Waals surface area (Å²) in [5.41, 5.74) is 1.47. The number of aliphatic hydroxyl groups excluding tert-OH is 1. The molecule has 0 bridgehead atoms. The average molecular weight is 388 g/mol. The van der Waals surface area contributed by atoms with Gasteiger partial charge in [0.25, 0.3) is 0 Å². The topological polar surface area (TPSA) is 41.5 Å². The lowest BCUT2D eigenvalue weighted by atomic mass is 10.2. The first-order chi connectivity index (χ1) is 11.7. The number of hydrogen-bond acceptors (Lipinski definition) is 3. The van der Waals surface area contributed by atoms with E-state index in [0.717, 1.165) is 31.4 Å². The van der Waals surface area contributed by atoms with Gasteiger partial charge in [-0.1, -0.05) is 29.8 Å². The quantitative estimate of drug-likeness (QED) is 0.578. The van der Waals surface area contributed by atoms with E-state index in [9.17, 15) is 4.39 Å². The van der Waals surface area contributed by atoms with Gasteiger partial charge in [0.2, 0.25) is 0 Å². The second kappa shape index (κ2) is 12.1. The van der Waals surface area contributed by atoms with Crippen molar-refractivity contribution in [2.24, 2.45) is 0 Å². The molecule has 0 spiro atoms. The van der Waals surface area contributed by atoms with Crippen LogP contribution in [0.5, 0.6) is 5.75 Å². The zero-order chi connectivity index (χ0) is 17.2. The Labute approximate surface area is 159 Å². The van der Waals surface area contributed by atoms with Gasteiger partial charge in [-0.05, 0) is 50.1 Å². The smallest absolute Gasteiger partial charge is 0.129 e. The first-order valence-corrected chi connectivity index (χ1v) is 8.54. The number of benzene rings is 2. The molecule has 25 heavy (non-hydrogen) atoms. The Morgan fingerprint density at radius 1 is 1.04 bits per heavy atom. The van der Waals surface area contributed by atoms with Gasteiger partial charge in [0.1, 0.15) is 18.2 Å². The molecule has 0 aliphatic heterocycles. The van der Waals surface area contributed by atoms with E-state index in [1.165, 1.54) is 6.07 Å². The average Bonchev–Trinajstić information content (AvgIpc) is 2.58. The van der Waals surface area contributed by atoms with Crippen molar-refractivity contribution < 1.29 is 14.2 Å². The molecular formula is C19H24Cl2FNO2. The van der Waals surface area contributed by atoms with Crippen LogP contribution in [-0.2, 0) is 13.2 Å². The zero-order valence-electron chi connectivity index (χ0n) is 14.0. The third kappa shape index (κ3) is 7.61. The van der Waals surface area contributed by atoms with Gasteiger partial charge in [0, 0.05) is 29.3 Å². The van der Waals surface area contributed by atoms with Gasteiger partial charge >= 0.3 is 0 Å². The van der Waals surface area contributed by atoms with Gasteiger partial charge in [-0.3, -0.25) is 0 Å². The second-order valence-electron chi connectivity index (χ2n) is 5.59. The highest BCUT2D eigenvalue weighted by molar-refractivity contribution is 6.30. The number of unbranched alkanes of at least 4 members (excludes halogenated alkanes) is 2. The van der Waals surface area contributed by atoms with E-state index < -0.39 is 0 Å². The number of halogens is 3. The van der Waals surface area contributed by atoms with E-state index in [4.69, 9.17) is 21.4 Å². The molecule has 2 aromatic rings. The Hall–Kier alpha value is -1.33. The highest BCUT2D eigenvalue weighted by Crippen LogP contribution is 2.24. The Balaban J connectivity index is 0.00000312. The van der Waals surface area contributed by atoms with Crippen molar-refractivity contribution in [3.8, 4) is 5.75 Å². The number of nitrogens with one attached hydrogen (secondary N) is 1. The van der Waals surface area contributed by atoms with Crippen LogP contribution in [0.2, 0.25) is 5.02 Å². The van der Waals surface area contributed by atoms with Gasteiger partial charge < -0.3 is 15.2 Å². The van der Waals surface area contributed by atoms with Crippen LogP contribution in [0.3, 0.4) is 0 Å². The fourth-order valence-corrected chi connectivity index (χ4v) is 2.55. The first kappa shape index (κ1) is 21.7. The number of ether oxygens (including phenoxy) is 1. The second-order valence-corrected chi connectivity index (χ2v) is 6.03. The summed E-state index contributed by atoms with van der Waals surface area (Å²) in [6.07, 6.45) is 2.83. The van der Waals surface area contributed by atoms with Crippen molar-refractivity contribution >= 4 is 24.0 Å². The summed E-state index contributed by atoms with van der Waals surface area (Å²) < 4.78 is 19.5. The molecule has 0 saturated carbocycles. The number of rotatable bonds is 10. The van der Waals surface area contributed by atoms with Crippen molar-refractivity contribution in [2.45, 2.75) is 32.4 Å². The van der Waals surface area contributed by atoms with Gasteiger partial charge in [-0.2, -0.15) is 0 Å². The van der Waals surface area contributed by atoms with Crippen LogP contribution in [0.4, 0.5) is 4.39 Å². The van der Waals surface area contributed by atoms with Gasteiger partial charge in [-0.25, -0.2) is 4.39 Å². The molecule has 0 radical (unpaired) electrons.